The Hall–Kier alpha value is -1.28. The summed E-state index contributed by atoms with van der Waals surface area (Å²) in [5.41, 5.74) is -0.333. The van der Waals surface area contributed by atoms with Crippen LogP contribution in [0.3, 0.4) is 0 Å². The van der Waals surface area contributed by atoms with Crippen LogP contribution in [0, 0.1) is 17.5 Å². The number of anilines is 1. The molecule has 108 valence electrons. The Kier molecular flexibility index (Phi) is 5.61. The molecule has 19 heavy (non-hydrogen) atoms. The molecule has 8 heteroatoms. The lowest BCUT2D eigenvalue weighted by Crippen LogP contribution is -2.22. The average molecular weight is 296 g/mol. The number of sulfonamides is 1. The molecule has 0 aromatic heterocycles. The van der Waals surface area contributed by atoms with Gasteiger partial charge in [0.15, 0.2) is 17.5 Å². The highest BCUT2D eigenvalue weighted by atomic mass is 32.2. The summed E-state index contributed by atoms with van der Waals surface area (Å²) in [5, 5.41) is 2.95. The molecule has 1 rings (SSSR count). The van der Waals surface area contributed by atoms with Crippen molar-refractivity contribution >= 4 is 15.7 Å². The highest BCUT2D eigenvalue weighted by Crippen LogP contribution is 2.18. The van der Waals surface area contributed by atoms with Gasteiger partial charge in [-0.3, -0.25) is 4.72 Å². The van der Waals surface area contributed by atoms with Crippen molar-refractivity contribution in [1.82, 2.24) is 5.32 Å². The maximum atomic E-state index is 12.9. The third-order valence-electron chi connectivity index (χ3n) is 2.27. The Labute approximate surface area is 110 Å². The van der Waals surface area contributed by atoms with Crippen LogP contribution in [0.15, 0.2) is 12.1 Å². The van der Waals surface area contributed by atoms with Gasteiger partial charge in [-0.05, 0) is 19.5 Å². The third-order valence-corrected chi connectivity index (χ3v) is 3.65. The normalized spacial score (nSPS) is 11.6. The Morgan fingerprint density at radius 1 is 1.16 bits per heavy atom. The average Bonchev–Trinajstić information content (AvgIpc) is 2.31. The first-order valence-corrected chi connectivity index (χ1v) is 7.36. The molecule has 1 aromatic carbocycles. The summed E-state index contributed by atoms with van der Waals surface area (Å²) in [5.74, 6) is -4.70. The second-order valence-corrected chi connectivity index (χ2v) is 5.72. The molecule has 0 heterocycles. The smallest absolute Gasteiger partial charge is 0.232 e. The molecule has 4 nitrogen and oxygen atoms in total. The Morgan fingerprint density at radius 3 is 2.26 bits per heavy atom. The number of rotatable bonds is 7. The summed E-state index contributed by atoms with van der Waals surface area (Å²) >= 11 is 0. The highest BCUT2D eigenvalue weighted by molar-refractivity contribution is 7.92. The standard InChI is InChI=1S/C11H15F3N2O2S/c1-2-15-4-3-5-19(17,18)16-8-6-9(12)11(14)10(13)7-8/h6-7,15-16H,2-5H2,1H3. The van der Waals surface area contributed by atoms with Gasteiger partial charge in [0.1, 0.15) is 0 Å². The van der Waals surface area contributed by atoms with Crippen LogP contribution in [0.25, 0.3) is 0 Å². The first-order chi connectivity index (χ1) is 8.85. The number of hydrogen-bond donors (Lipinski definition) is 2. The lowest BCUT2D eigenvalue weighted by Gasteiger charge is -2.09. The molecule has 0 aliphatic rings. The van der Waals surface area contributed by atoms with Crippen molar-refractivity contribution < 1.29 is 21.6 Å². The minimum atomic E-state index is -3.71. The lowest BCUT2D eigenvalue weighted by atomic mass is 10.3. The Bertz CT molecular complexity index is 512. The molecular formula is C11H15F3N2O2S. The summed E-state index contributed by atoms with van der Waals surface area (Å²) in [4.78, 5) is 0. The largest absolute Gasteiger partial charge is 0.317 e. The number of hydrogen-bond acceptors (Lipinski definition) is 3. The van der Waals surface area contributed by atoms with E-state index in [0.29, 0.717) is 25.1 Å². The van der Waals surface area contributed by atoms with Crippen molar-refractivity contribution in [2.75, 3.05) is 23.6 Å². The van der Waals surface area contributed by atoms with Gasteiger partial charge < -0.3 is 5.32 Å². The SMILES string of the molecule is CCNCCCS(=O)(=O)Nc1cc(F)c(F)c(F)c1. The van der Waals surface area contributed by atoms with Crippen molar-refractivity contribution in [3.63, 3.8) is 0 Å². The molecule has 0 saturated carbocycles. The maximum Gasteiger partial charge on any atom is 0.232 e. The van der Waals surface area contributed by atoms with E-state index in [1.165, 1.54) is 0 Å². The summed E-state index contributed by atoms with van der Waals surface area (Å²) in [6.07, 6.45) is 0.356. The van der Waals surface area contributed by atoms with Gasteiger partial charge in [-0.25, -0.2) is 21.6 Å². The second-order valence-electron chi connectivity index (χ2n) is 3.88. The first-order valence-electron chi connectivity index (χ1n) is 5.71. The number of nitrogens with one attached hydrogen (secondary N) is 2. The van der Waals surface area contributed by atoms with E-state index >= 15 is 0 Å². The molecule has 2 N–H and O–H groups in total. The monoisotopic (exact) mass is 296 g/mol. The topological polar surface area (TPSA) is 58.2 Å². The molecule has 0 fully saturated rings. The summed E-state index contributed by atoms with van der Waals surface area (Å²) < 4.78 is 63.7. The van der Waals surface area contributed by atoms with E-state index in [2.05, 4.69) is 5.32 Å². The number of benzene rings is 1. The van der Waals surface area contributed by atoms with Crippen LogP contribution in [0.4, 0.5) is 18.9 Å². The lowest BCUT2D eigenvalue weighted by molar-refractivity contribution is 0.448. The van der Waals surface area contributed by atoms with Gasteiger partial charge in [0.2, 0.25) is 10.0 Å². The van der Waals surface area contributed by atoms with Crippen LogP contribution in [0.2, 0.25) is 0 Å². The van der Waals surface area contributed by atoms with Crippen LogP contribution in [-0.2, 0) is 10.0 Å². The van der Waals surface area contributed by atoms with Gasteiger partial charge in [0, 0.05) is 12.1 Å². The fourth-order valence-corrected chi connectivity index (χ4v) is 2.51. The molecule has 1 aromatic rings. The summed E-state index contributed by atoms with van der Waals surface area (Å²) in [6, 6.07) is 1.19. The molecule has 0 aliphatic carbocycles. The molecule has 0 saturated heterocycles. The number of halogens is 3. The summed E-state index contributed by atoms with van der Waals surface area (Å²) in [6.45, 7) is 3.13. The van der Waals surface area contributed by atoms with Gasteiger partial charge in [-0.2, -0.15) is 0 Å². The summed E-state index contributed by atoms with van der Waals surface area (Å²) in [7, 11) is -3.71. The van der Waals surface area contributed by atoms with Crippen molar-refractivity contribution in [2.24, 2.45) is 0 Å². The second kappa shape index (κ2) is 6.76. The van der Waals surface area contributed by atoms with Crippen LogP contribution >= 0.6 is 0 Å². The minimum absolute atomic E-state index is 0.194. The van der Waals surface area contributed by atoms with Crippen molar-refractivity contribution in [3.05, 3.63) is 29.6 Å². The van der Waals surface area contributed by atoms with Crippen LogP contribution in [0.1, 0.15) is 13.3 Å². The molecule has 0 unspecified atom stereocenters. The van der Waals surface area contributed by atoms with Crippen molar-refractivity contribution in [2.45, 2.75) is 13.3 Å². The maximum absolute atomic E-state index is 12.9. The Morgan fingerprint density at radius 2 is 1.74 bits per heavy atom. The van der Waals surface area contributed by atoms with E-state index in [-0.39, 0.29) is 11.4 Å². The molecule has 0 aliphatic heterocycles. The Balaban J connectivity index is 2.68. The van der Waals surface area contributed by atoms with Crippen molar-refractivity contribution in [3.8, 4) is 0 Å². The predicted octanol–water partition coefficient (Wildman–Crippen LogP) is 1.85. The van der Waals surface area contributed by atoms with E-state index in [0.717, 1.165) is 6.54 Å². The molecule has 0 spiro atoms. The van der Waals surface area contributed by atoms with Gasteiger partial charge in [-0.1, -0.05) is 6.92 Å². The molecular weight excluding hydrogens is 281 g/mol. The molecule has 0 radical (unpaired) electrons. The molecule has 0 bridgehead atoms. The predicted molar refractivity (Wildman–Crippen MR) is 66.9 cm³/mol. The van der Waals surface area contributed by atoms with E-state index in [1.54, 1.807) is 0 Å². The van der Waals surface area contributed by atoms with Crippen LogP contribution in [0.5, 0.6) is 0 Å². The molecule has 0 amide bonds. The van der Waals surface area contributed by atoms with Gasteiger partial charge in [0.25, 0.3) is 0 Å². The zero-order chi connectivity index (χ0) is 14.5. The zero-order valence-electron chi connectivity index (χ0n) is 10.3. The van der Waals surface area contributed by atoms with E-state index < -0.39 is 27.5 Å². The minimum Gasteiger partial charge on any atom is -0.317 e. The third kappa shape index (κ3) is 5.07. The van der Waals surface area contributed by atoms with E-state index in [9.17, 15) is 21.6 Å². The van der Waals surface area contributed by atoms with E-state index in [1.807, 2.05) is 11.6 Å². The van der Waals surface area contributed by atoms with Crippen LogP contribution in [-0.4, -0.2) is 27.3 Å². The van der Waals surface area contributed by atoms with Crippen LogP contribution < -0.4 is 10.0 Å². The van der Waals surface area contributed by atoms with Gasteiger partial charge in [-0.15, -0.1) is 0 Å². The fraction of sp³-hybridized carbons (Fsp3) is 0.455. The van der Waals surface area contributed by atoms with Crippen molar-refractivity contribution in [1.29, 1.82) is 0 Å². The zero-order valence-corrected chi connectivity index (χ0v) is 11.2. The van der Waals surface area contributed by atoms with E-state index in [4.69, 9.17) is 0 Å². The highest BCUT2D eigenvalue weighted by Gasteiger charge is 2.15. The van der Waals surface area contributed by atoms with Gasteiger partial charge in [0.05, 0.1) is 11.4 Å². The molecule has 0 atom stereocenters. The fourth-order valence-electron chi connectivity index (χ4n) is 1.41. The first kappa shape index (κ1) is 15.8. The quantitative estimate of drug-likeness (QED) is 0.596. The van der Waals surface area contributed by atoms with Gasteiger partial charge >= 0.3 is 0 Å².